The van der Waals surface area contributed by atoms with E-state index in [0.29, 0.717) is 6.54 Å². The first-order chi connectivity index (χ1) is 12.0. The van der Waals surface area contributed by atoms with Gasteiger partial charge >= 0.3 is 5.97 Å². The zero-order chi connectivity index (χ0) is 17.8. The van der Waals surface area contributed by atoms with E-state index in [-0.39, 0.29) is 30.7 Å². The third-order valence-corrected chi connectivity index (χ3v) is 5.19. The van der Waals surface area contributed by atoms with Crippen molar-refractivity contribution < 1.29 is 19.5 Å². The molecule has 0 spiro atoms. The maximum Gasteiger partial charge on any atom is 0.326 e. The molecule has 2 fully saturated rings. The van der Waals surface area contributed by atoms with Gasteiger partial charge in [0.05, 0.1) is 5.92 Å². The zero-order valence-electron chi connectivity index (χ0n) is 14.2. The van der Waals surface area contributed by atoms with Crippen LogP contribution in [0.25, 0.3) is 0 Å². The van der Waals surface area contributed by atoms with E-state index in [0.717, 1.165) is 31.2 Å². The van der Waals surface area contributed by atoms with Crippen molar-refractivity contribution in [3.63, 3.8) is 0 Å². The monoisotopic (exact) mass is 344 g/mol. The van der Waals surface area contributed by atoms with Crippen LogP contribution in [0.5, 0.6) is 0 Å². The number of rotatable bonds is 6. The van der Waals surface area contributed by atoms with Gasteiger partial charge in [0.25, 0.3) is 0 Å². The van der Waals surface area contributed by atoms with E-state index in [2.05, 4.69) is 5.32 Å². The number of likely N-dealkylation sites (tertiary alicyclic amines) is 1. The summed E-state index contributed by atoms with van der Waals surface area (Å²) in [7, 11) is 0. The van der Waals surface area contributed by atoms with Crippen LogP contribution < -0.4 is 5.32 Å². The van der Waals surface area contributed by atoms with Crippen LogP contribution in [-0.2, 0) is 20.8 Å². The number of carbonyl (C=O) groups excluding carboxylic acids is 2. The van der Waals surface area contributed by atoms with Crippen molar-refractivity contribution in [1.29, 1.82) is 0 Å². The Morgan fingerprint density at radius 3 is 2.52 bits per heavy atom. The second-order valence-corrected chi connectivity index (χ2v) is 6.97. The lowest BCUT2D eigenvalue weighted by atomic mass is 10.0. The molecule has 2 amide bonds. The van der Waals surface area contributed by atoms with E-state index in [4.69, 9.17) is 0 Å². The molecule has 6 nitrogen and oxygen atoms in total. The van der Waals surface area contributed by atoms with E-state index in [1.54, 1.807) is 0 Å². The fourth-order valence-corrected chi connectivity index (χ4v) is 3.82. The van der Waals surface area contributed by atoms with E-state index < -0.39 is 17.9 Å². The first-order valence-electron chi connectivity index (χ1n) is 8.91. The molecule has 2 aliphatic rings. The van der Waals surface area contributed by atoms with Crippen LogP contribution >= 0.6 is 0 Å². The highest BCUT2D eigenvalue weighted by molar-refractivity contribution is 5.91. The van der Waals surface area contributed by atoms with Crippen molar-refractivity contribution in [2.75, 3.05) is 6.54 Å². The summed E-state index contributed by atoms with van der Waals surface area (Å²) in [6, 6.07) is 8.48. The molecular weight excluding hydrogens is 320 g/mol. The molecule has 1 aliphatic carbocycles. The highest BCUT2D eigenvalue weighted by Gasteiger charge is 2.39. The minimum absolute atomic E-state index is 0.0157. The van der Waals surface area contributed by atoms with Gasteiger partial charge in [-0.25, -0.2) is 4.79 Å². The van der Waals surface area contributed by atoms with Crippen molar-refractivity contribution in [2.45, 2.75) is 50.6 Å². The molecule has 2 atom stereocenters. The normalized spacial score (nSPS) is 22.2. The highest BCUT2D eigenvalue weighted by atomic mass is 16.4. The van der Waals surface area contributed by atoms with Gasteiger partial charge < -0.3 is 15.3 Å². The number of benzene rings is 1. The van der Waals surface area contributed by atoms with Crippen molar-refractivity contribution in [3.8, 4) is 0 Å². The van der Waals surface area contributed by atoms with Gasteiger partial charge in [-0.3, -0.25) is 9.59 Å². The molecule has 2 N–H and O–H groups in total. The van der Waals surface area contributed by atoms with Crippen LogP contribution in [0.15, 0.2) is 30.3 Å². The molecular formula is C19H24N2O4. The quantitative estimate of drug-likeness (QED) is 0.820. The Morgan fingerprint density at radius 1 is 1.20 bits per heavy atom. The molecule has 1 aromatic carbocycles. The van der Waals surface area contributed by atoms with Crippen molar-refractivity contribution in [2.24, 2.45) is 5.92 Å². The van der Waals surface area contributed by atoms with E-state index in [1.165, 1.54) is 0 Å². The third kappa shape index (κ3) is 4.18. The lowest BCUT2D eigenvalue weighted by Crippen LogP contribution is -2.45. The number of hydrogen-bond donors (Lipinski definition) is 2. The first kappa shape index (κ1) is 17.5. The van der Waals surface area contributed by atoms with E-state index >= 15 is 0 Å². The Kier molecular flexibility index (Phi) is 5.36. The third-order valence-electron chi connectivity index (χ3n) is 5.19. The second kappa shape index (κ2) is 7.68. The molecule has 1 saturated heterocycles. The summed E-state index contributed by atoms with van der Waals surface area (Å²) in [4.78, 5) is 38.0. The minimum Gasteiger partial charge on any atom is -0.480 e. The van der Waals surface area contributed by atoms with Gasteiger partial charge in [-0.15, -0.1) is 0 Å². The standard InChI is InChI=1S/C19H24N2O4/c22-17-11-14(12-21(17)15-8-4-5-9-15)18(23)20-16(19(24)25)10-13-6-2-1-3-7-13/h1-3,6-7,14-16H,4-5,8-12H2,(H,20,23)(H,24,25)/t14?,16-/m0/s1. The first-order valence-corrected chi connectivity index (χ1v) is 8.91. The number of carboxylic acid groups (broad SMARTS) is 1. The summed E-state index contributed by atoms with van der Waals surface area (Å²) in [6.07, 6.45) is 4.68. The van der Waals surface area contributed by atoms with Gasteiger partial charge in [0.15, 0.2) is 0 Å². The predicted molar refractivity (Wildman–Crippen MR) is 91.8 cm³/mol. The smallest absolute Gasteiger partial charge is 0.326 e. The average molecular weight is 344 g/mol. The summed E-state index contributed by atoms with van der Waals surface area (Å²) in [5.41, 5.74) is 0.852. The summed E-state index contributed by atoms with van der Waals surface area (Å²) >= 11 is 0. The summed E-state index contributed by atoms with van der Waals surface area (Å²) in [5, 5.41) is 12.0. The molecule has 1 aliphatic heterocycles. The SMILES string of the molecule is O=C(N[C@@H](Cc1ccccc1)C(=O)O)C1CC(=O)N(C2CCCC2)C1. The fourth-order valence-electron chi connectivity index (χ4n) is 3.82. The van der Waals surface area contributed by atoms with Crippen LogP contribution in [0, 0.1) is 5.92 Å². The van der Waals surface area contributed by atoms with E-state index in [1.807, 2.05) is 35.2 Å². The van der Waals surface area contributed by atoms with Gasteiger partial charge in [-0.05, 0) is 18.4 Å². The Balaban J connectivity index is 1.60. The molecule has 1 unspecified atom stereocenters. The highest BCUT2D eigenvalue weighted by Crippen LogP contribution is 2.29. The van der Waals surface area contributed by atoms with Gasteiger partial charge in [0.2, 0.25) is 11.8 Å². The minimum atomic E-state index is -1.06. The maximum absolute atomic E-state index is 12.5. The molecule has 1 saturated carbocycles. The number of hydrogen-bond acceptors (Lipinski definition) is 3. The van der Waals surface area contributed by atoms with Gasteiger partial charge in [0, 0.05) is 25.4 Å². The number of nitrogens with one attached hydrogen (secondary N) is 1. The van der Waals surface area contributed by atoms with Gasteiger partial charge in [0.1, 0.15) is 6.04 Å². The predicted octanol–water partition coefficient (Wildman–Crippen LogP) is 1.59. The molecule has 1 aromatic rings. The molecule has 0 aromatic heterocycles. The average Bonchev–Trinajstić information content (AvgIpc) is 3.24. The second-order valence-electron chi connectivity index (χ2n) is 6.97. The van der Waals surface area contributed by atoms with Gasteiger partial charge in [-0.2, -0.15) is 0 Å². The van der Waals surface area contributed by atoms with Crippen LogP contribution in [0.1, 0.15) is 37.7 Å². The molecule has 6 heteroatoms. The van der Waals surface area contributed by atoms with Crippen LogP contribution in [0.2, 0.25) is 0 Å². The molecule has 0 bridgehead atoms. The van der Waals surface area contributed by atoms with Crippen molar-refractivity contribution in [1.82, 2.24) is 10.2 Å². The molecule has 1 heterocycles. The number of amides is 2. The molecule has 3 rings (SSSR count). The lowest BCUT2D eigenvalue weighted by Gasteiger charge is -2.24. The summed E-state index contributed by atoms with van der Waals surface area (Å²) in [5.74, 6) is -1.83. The lowest BCUT2D eigenvalue weighted by molar-refractivity contribution is -0.142. The summed E-state index contributed by atoms with van der Waals surface area (Å²) < 4.78 is 0. The Hall–Kier alpha value is -2.37. The van der Waals surface area contributed by atoms with Gasteiger partial charge in [-0.1, -0.05) is 43.2 Å². The molecule has 134 valence electrons. The number of carboxylic acids is 1. The number of carbonyl (C=O) groups is 3. The molecule has 0 radical (unpaired) electrons. The van der Waals surface area contributed by atoms with Crippen LogP contribution in [0.3, 0.4) is 0 Å². The number of nitrogens with zero attached hydrogens (tertiary/aromatic N) is 1. The topological polar surface area (TPSA) is 86.7 Å². The van der Waals surface area contributed by atoms with Crippen molar-refractivity contribution >= 4 is 17.8 Å². The van der Waals surface area contributed by atoms with Crippen molar-refractivity contribution in [3.05, 3.63) is 35.9 Å². The summed E-state index contributed by atoms with van der Waals surface area (Å²) in [6.45, 7) is 0.410. The zero-order valence-corrected chi connectivity index (χ0v) is 14.2. The van der Waals surface area contributed by atoms with Crippen LogP contribution in [-0.4, -0.2) is 46.4 Å². The Morgan fingerprint density at radius 2 is 1.88 bits per heavy atom. The van der Waals surface area contributed by atoms with Crippen LogP contribution in [0.4, 0.5) is 0 Å². The largest absolute Gasteiger partial charge is 0.480 e. The Bertz CT molecular complexity index is 640. The fraction of sp³-hybridized carbons (Fsp3) is 0.526. The Labute approximate surface area is 147 Å². The van der Waals surface area contributed by atoms with E-state index in [9.17, 15) is 19.5 Å². The maximum atomic E-state index is 12.5. The molecule has 25 heavy (non-hydrogen) atoms. The number of aliphatic carboxylic acids is 1.